The van der Waals surface area contributed by atoms with Gasteiger partial charge in [0, 0.05) is 25.7 Å². The first-order valence-electron chi connectivity index (χ1n) is 9.27. The molecule has 0 radical (unpaired) electrons. The Morgan fingerprint density at radius 2 is 1.89 bits per heavy atom. The summed E-state index contributed by atoms with van der Waals surface area (Å²) in [4.78, 5) is 26.4. The van der Waals surface area contributed by atoms with E-state index in [1.165, 1.54) is 22.9 Å². The molecule has 6 nitrogen and oxygen atoms in total. The van der Waals surface area contributed by atoms with Gasteiger partial charge < -0.3 is 9.32 Å². The third-order valence-corrected chi connectivity index (χ3v) is 5.08. The highest BCUT2D eigenvalue weighted by atomic mass is 19.1. The first-order chi connectivity index (χ1) is 13.6. The monoisotopic (exact) mass is 381 g/mol. The van der Waals surface area contributed by atoms with Crippen LogP contribution in [0.1, 0.15) is 23.2 Å². The molecule has 1 aliphatic heterocycles. The molecular formula is C21H20FN3O3. The molecule has 4 rings (SSSR count). The molecule has 0 spiro atoms. The fourth-order valence-electron chi connectivity index (χ4n) is 3.50. The zero-order chi connectivity index (χ0) is 19.5. The molecule has 0 aliphatic carbocycles. The molecule has 7 heteroatoms. The molecule has 0 N–H and O–H groups in total. The van der Waals surface area contributed by atoms with E-state index >= 15 is 0 Å². The Labute approximate surface area is 161 Å². The summed E-state index contributed by atoms with van der Waals surface area (Å²) in [5.74, 6) is 0.0487. The van der Waals surface area contributed by atoms with E-state index in [-0.39, 0.29) is 22.9 Å². The average molecular weight is 381 g/mol. The number of hydrogen-bond acceptors (Lipinski definition) is 4. The predicted molar refractivity (Wildman–Crippen MR) is 101 cm³/mol. The van der Waals surface area contributed by atoms with Crippen molar-refractivity contribution in [1.29, 1.82) is 0 Å². The Bertz CT molecular complexity index is 1020. The molecule has 28 heavy (non-hydrogen) atoms. The average Bonchev–Trinajstić information content (AvgIpc) is 3.25. The molecule has 0 bridgehead atoms. The number of piperidine rings is 1. The Morgan fingerprint density at radius 1 is 1.11 bits per heavy atom. The lowest BCUT2D eigenvalue weighted by Crippen LogP contribution is -2.40. The van der Waals surface area contributed by atoms with Crippen LogP contribution in [0.15, 0.2) is 64.0 Å². The van der Waals surface area contributed by atoms with Gasteiger partial charge in [-0.25, -0.2) is 9.07 Å². The minimum atomic E-state index is -0.500. The van der Waals surface area contributed by atoms with Gasteiger partial charge in [0.15, 0.2) is 5.76 Å². The van der Waals surface area contributed by atoms with Gasteiger partial charge in [0.25, 0.3) is 11.5 Å². The Balaban J connectivity index is 1.41. The number of hydrogen-bond donors (Lipinski definition) is 0. The van der Waals surface area contributed by atoms with E-state index in [0.717, 1.165) is 12.8 Å². The molecule has 1 saturated heterocycles. The molecule has 144 valence electrons. The Hall–Kier alpha value is -3.22. The largest absolute Gasteiger partial charge is 0.463 e. The van der Waals surface area contributed by atoms with E-state index in [2.05, 4.69) is 5.10 Å². The second kappa shape index (κ2) is 7.80. The van der Waals surface area contributed by atoms with Crippen molar-refractivity contribution in [3.8, 4) is 11.5 Å². The standard InChI is InChI=1S/C21H20FN3O3/c22-17-5-2-1-4-16(17)21(27)24-11-9-15(10-12-24)14-25-20(26)8-7-18(23-25)19-6-3-13-28-19/h1-8,13,15H,9-12,14H2. The highest BCUT2D eigenvalue weighted by Crippen LogP contribution is 2.22. The first-order valence-corrected chi connectivity index (χ1v) is 9.27. The maximum atomic E-state index is 13.9. The predicted octanol–water partition coefficient (Wildman–Crippen LogP) is 3.19. The van der Waals surface area contributed by atoms with Crippen molar-refractivity contribution in [3.05, 3.63) is 76.5 Å². The summed E-state index contributed by atoms with van der Waals surface area (Å²) in [6, 6.07) is 12.7. The number of amides is 1. The summed E-state index contributed by atoms with van der Waals surface area (Å²) < 4.78 is 20.7. The number of aromatic nitrogens is 2. The number of nitrogens with zero attached hydrogens (tertiary/aromatic N) is 3. The van der Waals surface area contributed by atoms with E-state index in [9.17, 15) is 14.0 Å². The maximum absolute atomic E-state index is 13.9. The van der Waals surface area contributed by atoms with Crippen LogP contribution in [0.2, 0.25) is 0 Å². The quantitative estimate of drug-likeness (QED) is 0.696. The van der Waals surface area contributed by atoms with Crippen LogP contribution in [-0.2, 0) is 6.54 Å². The van der Waals surface area contributed by atoms with Crippen molar-refractivity contribution in [2.75, 3.05) is 13.1 Å². The van der Waals surface area contributed by atoms with Crippen molar-refractivity contribution in [2.24, 2.45) is 5.92 Å². The normalized spacial score (nSPS) is 15.0. The van der Waals surface area contributed by atoms with E-state index in [0.29, 0.717) is 31.1 Å². The number of carbonyl (C=O) groups is 1. The van der Waals surface area contributed by atoms with Crippen molar-refractivity contribution in [1.82, 2.24) is 14.7 Å². The van der Waals surface area contributed by atoms with Crippen LogP contribution in [-0.4, -0.2) is 33.7 Å². The van der Waals surface area contributed by atoms with Gasteiger partial charge in [0.1, 0.15) is 11.5 Å². The lowest BCUT2D eigenvalue weighted by atomic mass is 9.96. The molecule has 1 amide bonds. The summed E-state index contributed by atoms with van der Waals surface area (Å²) in [5, 5.41) is 4.40. The summed E-state index contributed by atoms with van der Waals surface area (Å²) >= 11 is 0. The van der Waals surface area contributed by atoms with Crippen molar-refractivity contribution in [2.45, 2.75) is 19.4 Å². The number of rotatable bonds is 4. The Kier molecular flexibility index (Phi) is 5.06. The Morgan fingerprint density at radius 3 is 2.61 bits per heavy atom. The van der Waals surface area contributed by atoms with Crippen LogP contribution in [0.3, 0.4) is 0 Å². The summed E-state index contributed by atoms with van der Waals surface area (Å²) in [7, 11) is 0. The van der Waals surface area contributed by atoms with Crippen LogP contribution in [0.5, 0.6) is 0 Å². The highest BCUT2D eigenvalue weighted by Gasteiger charge is 2.25. The van der Waals surface area contributed by atoms with Crippen molar-refractivity contribution < 1.29 is 13.6 Å². The van der Waals surface area contributed by atoms with Crippen LogP contribution in [0, 0.1) is 11.7 Å². The topological polar surface area (TPSA) is 68.3 Å². The van der Waals surface area contributed by atoms with E-state index in [1.807, 2.05) is 0 Å². The van der Waals surface area contributed by atoms with Crippen LogP contribution in [0.4, 0.5) is 4.39 Å². The number of benzene rings is 1. The molecule has 2 aromatic heterocycles. The number of furan rings is 1. The molecule has 0 unspecified atom stereocenters. The van der Waals surface area contributed by atoms with Gasteiger partial charge in [-0.15, -0.1) is 0 Å². The fourth-order valence-corrected chi connectivity index (χ4v) is 3.50. The van der Waals surface area contributed by atoms with Gasteiger partial charge in [-0.05, 0) is 49.1 Å². The van der Waals surface area contributed by atoms with Gasteiger partial charge in [0.05, 0.1) is 11.8 Å². The fraction of sp³-hybridized carbons (Fsp3) is 0.286. The van der Waals surface area contributed by atoms with Crippen molar-refractivity contribution in [3.63, 3.8) is 0 Å². The SMILES string of the molecule is O=C(c1ccccc1F)N1CCC(Cn2nc(-c3ccco3)ccc2=O)CC1. The minimum Gasteiger partial charge on any atom is -0.463 e. The molecule has 3 heterocycles. The molecule has 1 aliphatic rings. The van der Waals surface area contributed by atoms with Gasteiger partial charge >= 0.3 is 0 Å². The number of likely N-dealkylation sites (tertiary alicyclic amines) is 1. The third-order valence-electron chi connectivity index (χ3n) is 5.08. The zero-order valence-corrected chi connectivity index (χ0v) is 15.3. The zero-order valence-electron chi connectivity index (χ0n) is 15.3. The molecule has 1 aromatic carbocycles. The first kappa shape index (κ1) is 18.2. The molecule has 0 atom stereocenters. The van der Waals surface area contributed by atoms with Gasteiger partial charge in [-0.1, -0.05) is 12.1 Å². The van der Waals surface area contributed by atoms with Crippen LogP contribution >= 0.6 is 0 Å². The smallest absolute Gasteiger partial charge is 0.266 e. The molecular weight excluding hydrogens is 361 g/mol. The van der Waals surface area contributed by atoms with E-state index < -0.39 is 5.82 Å². The number of carbonyl (C=O) groups excluding carboxylic acids is 1. The van der Waals surface area contributed by atoms with Crippen molar-refractivity contribution >= 4 is 5.91 Å². The third kappa shape index (κ3) is 3.74. The molecule has 1 fully saturated rings. The highest BCUT2D eigenvalue weighted by molar-refractivity contribution is 5.94. The maximum Gasteiger partial charge on any atom is 0.266 e. The summed E-state index contributed by atoms with van der Waals surface area (Å²) in [6.07, 6.45) is 3.04. The lowest BCUT2D eigenvalue weighted by Gasteiger charge is -2.32. The lowest BCUT2D eigenvalue weighted by molar-refractivity contribution is 0.0676. The van der Waals surface area contributed by atoms with Crippen LogP contribution in [0.25, 0.3) is 11.5 Å². The minimum absolute atomic E-state index is 0.102. The van der Waals surface area contributed by atoms with Gasteiger partial charge in [-0.2, -0.15) is 5.10 Å². The second-order valence-electron chi connectivity index (χ2n) is 6.93. The van der Waals surface area contributed by atoms with E-state index in [1.54, 1.807) is 41.5 Å². The van der Waals surface area contributed by atoms with Crippen LogP contribution < -0.4 is 5.56 Å². The van der Waals surface area contributed by atoms with Gasteiger partial charge in [0.2, 0.25) is 0 Å². The number of halogens is 1. The van der Waals surface area contributed by atoms with E-state index in [4.69, 9.17) is 4.42 Å². The summed E-state index contributed by atoms with van der Waals surface area (Å²) in [5.41, 5.74) is 0.543. The molecule has 3 aromatic rings. The molecule has 0 saturated carbocycles. The second-order valence-corrected chi connectivity index (χ2v) is 6.93. The van der Waals surface area contributed by atoms with Gasteiger partial charge in [-0.3, -0.25) is 9.59 Å². The summed E-state index contributed by atoms with van der Waals surface area (Å²) in [6.45, 7) is 1.55.